The maximum absolute atomic E-state index is 13.7. The topological polar surface area (TPSA) is 79.1 Å². The largest absolute Gasteiger partial charge is 0.506 e. The Hall–Kier alpha value is -2.35. The number of hydrogen-bond donors (Lipinski definition) is 2. The summed E-state index contributed by atoms with van der Waals surface area (Å²) in [6.45, 7) is 1.48. The van der Waals surface area contributed by atoms with Crippen molar-refractivity contribution in [2.45, 2.75) is 13.3 Å². The minimum absolute atomic E-state index is 0.0277. The van der Waals surface area contributed by atoms with Crippen LogP contribution in [0.2, 0.25) is 0 Å². The summed E-state index contributed by atoms with van der Waals surface area (Å²) in [5.41, 5.74) is -1.37. The van der Waals surface area contributed by atoms with Crippen LogP contribution < -0.4 is 0 Å². The highest BCUT2D eigenvalue weighted by molar-refractivity contribution is 6.15. The zero-order valence-corrected chi connectivity index (χ0v) is 12.4. The molecule has 0 heterocycles. The third-order valence-electron chi connectivity index (χ3n) is 2.66. The Morgan fingerprint density at radius 2 is 2.04 bits per heavy atom. The monoisotopic (exact) mass is 331 g/mol. The molecular weight excluding hydrogens is 315 g/mol. The van der Waals surface area contributed by atoms with E-state index in [0.717, 1.165) is 6.21 Å². The van der Waals surface area contributed by atoms with Crippen molar-refractivity contribution in [2.75, 3.05) is 19.8 Å². The predicted octanol–water partition coefficient (Wildman–Crippen LogP) is 2.39. The van der Waals surface area contributed by atoms with Gasteiger partial charge in [-0.25, -0.2) is 18.0 Å². The van der Waals surface area contributed by atoms with Crippen molar-refractivity contribution < 1.29 is 32.9 Å². The molecule has 1 rings (SSSR count). The summed E-state index contributed by atoms with van der Waals surface area (Å²) in [7, 11) is 0. The third-order valence-corrected chi connectivity index (χ3v) is 2.66. The van der Waals surface area contributed by atoms with Crippen LogP contribution in [0.1, 0.15) is 18.9 Å². The highest BCUT2D eigenvalue weighted by Gasteiger charge is 2.21. The molecule has 0 atom stereocenters. The van der Waals surface area contributed by atoms with Gasteiger partial charge in [0.1, 0.15) is 17.1 Å². The molecule has 0 amide bonds. The molecule has 126 valence electrons. The molecule has 2 N–H and O–H groups in total. The molecule has 1 aromatic rings. The Balaban J connectivity index is 3.33. The van der Waals surface area contributed by atoms with Crippen molar-refractivity contribution >= 4 is 17.9 Å². The summed E-state index contributed by atoms with van der Waals surface area (Å²) >= 11 is 0. The standard InChI is InChI=1S/C15H16F3NO4/c1-2-23-15(22)11(8-19-4-3-5-20)14(21)10-6-9(16)7-12(17)13(10)18/h6-8,20-21H,2-5H2,1H3. The number of nitrogens with zero attached hydrogens (tertiary/aromatic N) is 1. The zero-order valence-electron chi connectivity index (χ0n) is 12.4. The maximum atomic E-state index is 13.7. The van der Waals surface area contributed by atoms with Gasteiger partial charge in [0.2, 0.25) is 0 Å². The van der Waals surface area contributed by atoms with Crippen LogP contribution in [0.5, 0.6) is 0 Å². The van der Waals surface area contributed by atoms with Gasteiger partial charge in [-0.1, -0.05) is 0 Å². The van der Waals surface area contributed by atoms with Gasteiger partial charge in [-0.3, -0.25) is 4.99 Å². The van der Waals surface area contributed by atoms with Crippen molar-refractivity contribution in [1.82, 2.24) is 0 Å². The molecule has 0 radical (unpaired) electrons. The molecule has 0 aliphatic rings. The predicted molar refractivity (Wildman–Crippen MR) is 77.6 cm³/mol. The van der Waals surface area contributed by atoms with E-state index in [-0.39, 0.29) is 19.8 Å². The Bertz CT molecular complexity index is 629. The van der Waals surface area contributed by atoms with Crippen molar-refractivity contribution in [2.24, 2.45) is 4.99 Å². The summed E-state index contributed by atoms with van der Waals surface area (Å²) in [6.07, 6.45) is 1.21. The molecule has 0 bridgehead atoms. The quantitative estimate of drug-likeness (QED) is 0.201. The molecule has 1 aromatic carbocycles. The summed E-state index contributed by atoms with van der Waals surface area (Å²) in [5, 5.41) is 18.7. The first kappa shape index (κ1) is 18.7. The maximum Gasteiger partial charge on any atom is 0.343 e. The van der Waals surface area contributed by atoms with Crippen molar-refractivity contribution in [3.8, 4) is 0 Å². The molecule has 0 aliphatic carbocycles. The summed E-state index contributed by atoms with van der Waals surface area (Å²) in [4.78, 5) is 15.6. The number of aliphatic imine (C=N–C) groups is 1. The first-order valence-electron chi connectivity index (χ1n) is 6.78. The smallest absolute Gasteiger partial charge is 0.343 e. The second-order valence-electron chi connectivity index (χ2n) is 4.34. The number of esters is 1. The van der Waals surface area contributed by atoms with E-state index in [1.165, 1.54) is 6.92 Å². The number of ether oxygens (including phenoxy) is 1. The second kappa shape index (κ2) is 8.94. The van der Waals surface area contributed by atoms with Crippen molar-refractivity contribution in [3.05, 3.63) is 40.7 Å². The number of carbonyl (C=O) groups is 1. The normalized spacial score (nSPS) is 12.4. The van der Waals surface area contributed by atoms with Crippen LogP contribution in [0.15, 0.2) is 22.7 Å². The van der Waals surface area contributed by atoms with Gasteiger partial charge in [0, 0.05) is 25.4 Å². The van der Waals surface area contributed by atoms with Gasteiger partial charge in [-0.15, -0.1) is 0 Å². The molecule has 0 saturated heterocycles. The average molecular weight is 331 g/mol. The molecule has 0 saturated carbocycles. The molecule has 0 unspecified atom stereocenters. The Morgan fingerprint density at radius 1 is 1.35 bits per heavy atom. The molecule has 23 heavy (non-hydrogen) atoms. The van der Waals surface area contributed by atoms with Crippen LogP contribution in [0.3, 0.4) is 0 Å². The Morgan fingerprint density at radius 3 is 2.65 bits per heavy atom. The molecule has 0 aliphatic heterocycles. The van der Waals surface area contributed by atoms with E-state index in [1.807, 2.05) is 0 Å². The van der Waals surface area contributed by atoms with Crippen LogP contribution in [-0.4, -0.2) is 42.2 Å². The zero-order chi connectivity index (χ0) is 17.4. The molecule has 0 fully saturated rings. The fourth-order valence-electron chi connectivity index (χ4n) is 1.61. The van der Waals surface area contributed by atoms with Crippen LogP contribution in [-0.2, 0) is 9.53 Å². The van der Waals surface area contributed by atoms with Crippen LogP contribution in [0.25, 0.3) is 5.76 Å². The third kappa shape index (κ3) is 5.10. The molecule has 0 spiro atoms. The Labute approximate surface area is 130 Å². The van der Waals surface area contributed by atoms with E-state index in [4.69, 9.17) is 9.84 Å². The minimum atomic E-state index is -1.51. The highest BCUT2D eigenvalue weighted by Crippen LogP contribution is 2.23. The first-order valence-corrected chi connectivity index (χ1v) is 6.78. The van der Waals surface area contributed by atoms with Gasteiger partial charge in [-0.2, -0.15) is 0 Å². The number of aliphatic hydroxyl groups excluding tert-OH is 2. The first-order chi connectivity index (χ1) is 10.9. The van der Waals surface area contributed by atoms with Crippen LogP contribution in [0, 0.1) is 17.5 Å². The van der Waals surface area contributed by atoms with Gasteiger partial charge in [0.25, 0.3) is 0 Å². The van der Waals surface area contributed by atoms with Gasteiger partial charge < -0.3 is 14.9 Å². The second-order valence-corrected chi connectivity index (χ2v) is 4.34. The molecule has 5 nitrogen and oxygen atoms in total. The molecule has 8 heteroatoms. The van der Waals surface area contributed by atoms with E-state index in [0.29, 0.717) is 18.6 Å². The number of rotatable bonds is 7. The van der Waals surface area contributed by atoms with E-state index < -0.39 is 40.3 Å². The molecular formula is C15H16F3NO4. The fraction of sp³-hybridized carbons (Fsp3) is 0.333. The lowest BCUT2D eigenvalue weighted by atomic mass is 10.1. The minimum Gasteiger partial charge on any atom is -0.506 e. The fourth-order valence-corrected chi connectivity index (χ4v) is 1.61. The van der Waals surface area contributed by atoms with Gasteiger partial charge >= 0.3 is 5.97 Å². The van der Waals surface area contributed by atoms with Crippen molar-refractivity contribution in [3.63, 3.8) is 0 Å². The summed E-state index contributed by atoms with van der Waals surface area (Å²) in [5.74, 6) is -6.15. The van der Waals surface area contributed by atoms with Crippen molar-refractivity contribution in [1.29, 1.82) is 0 Å². The lowest BCUT2D eigenvalue weighted by Crippen LogP contribution is -2.12. The number of carbonyl (C=O) groups excluding carboxylic acids is 1. The van der Waals surface area contributed by atoms with Gasteiger partial charge in [-0.05, 0) is 19.4 Å². The lowest BCUT2D eigenvalue weighted by Gasteiger charge is -2.08. The van der Waals surface area contributed by atoms with E-state index in [9.17, 15) is 23.1 Å². The Kier molecular flexibility index (Phi) is 7.27. The number of halogens is 3. The number of aliphatic hydroxyl groups is 2. The molecule has 0 aromatic heterocycles. The van der Waals surface area contributed by atoms with Crippen LogP contribution >= 0.6 is 0 Å². The van der Waals surface area contributed by atoms with Gasteiger partial charge in [0.05, 0.1) is 12.2 Å². The highest BCUT2D eigenvalue weighted by atomic mass is 19.2. The average Bonchev–Trinajstić information content (AvgIpc) is 2.50. The number of hydrogen-bond acceptors (Lipinski definition) is 5. The van der Waals surface area contributed by atoms with E-state index >= 15 is 0 Å². The lowest BCUT2D eigenvalue weighted by molar-refractivity contribution is -0.137. The number of benzene rings is 1. The SMILES string of the molecule is CCOC(=O)C(C=NCCCO)=C(O)c1cc(F)cc(F)c1F. The summed E-state index contributed by atoms with van der Waals surface area (Å²) in [6, 6.07) is 0.861. The van der Waals surface area contributed by atoms with Gasteiger partial charge in [0.15, 0.2) is 11.6 Å². The van der Waals surface area contributed by atoms with Crippen LogP contribution in [0.4, 0.5) is 13.2 Å². The summed E-state index contributed by atoms with van der Waals surface area (Å²) < 4.78 is 44.9. The van der Waals surface area contributed by atoms with E-state index in [1.54, 1.807) is 0 Å². The van der Waals surface area contributed by atoms with E-state index in [2.05, 4.69) is 4.99 Å².